The van der Waals surface area contributed by atoms with Crippen LogP contribution in [0.15, 0.2) is 36.2 Å². The first-order valence-electron chi connectivity index (χ1n) is 8.44. The molecule has 7 heteroatoms. The summed E-state index contributed by atoms with van der Waals surface area (Å²) in [5.41, 5.74) is 9.41. The maximum atomic E-state index is 9.83. The number of allylic oxidation sites excluding steroid dienone is 2. The Balaban J connectivity index is 2.05. The van der Waals surface area contributed by atoms with E-state index in [1.54, 1.807) is 25.3 Å². The van der Waals surface area contributed by atoms with Gasteiger partial charge in [0.1, 0.15) is 23.7 Å². The standard InChI is InChI=1S/C19H23N5O2/c1-12(2)5-4-8-24-16(23-17-18(20)21-11-22-19(17)24)10-13-9-14(25)6-7-15(13)26-3/h5-7,9,11,25H,4,8,10H2,1-3H3,(H2,20,21,22). The first-order chi connectivity index (χ1) is 12.5. The SMILES string of the molecule is COc1ccc(O)cc1Cc1nc2c(N)ncnc2n1CCC=C(C)C. The van der Waals surface area contributed by atoms with Gasteiger partial charge in [0.25, 0.3) is 0 Å². The molecule has 136 valence electrons. The molecule has 7 nitrogen and oxygen atoms in total. The van der Waals surface area contributed by atoms with Crippen molar-refractivity contribution >= 4 is 17.0 Å². The summed E-state index contributed by atoms with van der Waals surface area (Å²) in [4.78, 5) is 13.1. The maximum Gasteiger partial charge on any atom is 0.165 e. The molecule has 0 aliphatic carbocycles. The molecule has 0 bridgehead atoms. The third kappa shape index (κ3) is 3.61. The summed E-state index contributed by atoms with van der Waals surface area (Å²) >= 11 is 0. The Morgan fingerprint density at radius 3 is 2.85 bits per heavy atom. The number of anilines is 1. The van der Waals surface area contributed by atoms with Crippen LogP contribution in [0.2, 0.25) is 0 Å². The highest BCUT2D eigenvalue weighted by molar-refractivity contribution is 5.81. The van der Waals surface area contributed by atoms with Crippen LogP contribution in [0.1, 0.15) is 31.7 Å². The molecule has 2 aromatic heterocycles. The number of aromatic hydroxyl groups is 1. The minimum Gasteiger partial charge on any atom is -0.508 e. The number of imidazole rings is 1. The van der Waals surface area contributed by atoms with Gasteiger partial charge in [0.05, 0.1) is 7.11 Å². The van der Waals surface area contributed by atoms with Gasteiger partial charge < -0.3 is 20.1 Å². The number of phenols is 1. The fraction of sp³-hybridized carbons (Fsp3) is 0.316. The van der Waals surface area contributed by atoms with E-state index < -0.39 is 0 Å². The van der Waals surface area contributed by atoms with Crippen LogP contribution in [0.5, 0.6) is 11.5 Å². The normalized spacial score (nSPS) is 10.9. The summed E-state index contributed by atoms with van der Waals surface area (Å²) in [6.45, 7) is 4.88. The van der Waals surface area contributed by atoms with Crippen LogP contribution >= 0.6 is 0 Å². The van der Waals surface area contributed by atoms with Crippen molar-refractivity contribution in [1.82, 2.24) is 19.5 Å². The Labute approximate surface area is 152 Å². The molecular formula is C19H23N5O2. The molecule has 0 fully saturated rings. The van der Waals surface area contributed by atoms with Gasteiger partial charge in [0, 0.05) is 18.5 Å². The number of fused-ring (bicyclic) bond motifs is 1. The molecule has 1 aromatic carbocycles. The van der Waals surface area contributed by atoms with Crippen molar-refractivity contribution in [3.8, 4) is 11.5 Å². The van der Waals surface area contributed by atoms with Crippen LogP contribution in [-0.4, -0.2) is 31.7 Å². The van der Waals surface area contributed by atoms with Crippen LogP contribution in [0.4, 0.5) is 5.82 Å². The van der Waals surface area contributed by atoms with E-state index >= 15 is 0 Å². The lowest BCUT2D eigenvalue weighted by Gasteiger charge is -2.11. The molecule has 0 amide bonds. The molecule has 0 radical (unpaired) electrons. The van der Waals surface area contributed by atoms with Gasteiger partial charge in [0.15, 0.2) is 17.0 Å². The van der Waals surface area contributed by atoms with Crippen molar-refractivity contribution in [1.29, 1.82) is 0 Å². The third-order valence-corrected chi connectivity index (χ3v) is 4.16. The van der Waals surface area contributed by atoms with Crippen molar-refractivity contribution in [2.75, 3.05) is 12.8 Å². The van der Waals surface area contributed by atoms with E-state index in [0.29, 0.717) is 29.2 Å². The van der Waals surface area contributed by atoms with Gasteiger partial charge in [-0.1, -0.05) is 11.6 Å². The number of phenolic OH excluding ortho intramolecular Hbond substituents is 1. The highest BCUT2D eigenvalue weighted by Crippen LogP contribution is 2.27. The Morgan fingerprint density at radius 1 is 1.31 bits per heavy atom. The summed E-state index contributed by atoms with van der Waals surface area (Å²) in [7, 11) is 1.61. The van der Waals surface area contributed by atoms with Gasteiger partial charge in [-0.05, 0) is 38.5 Å². The summed E-state index contributed by atoms with van der Waals surface area (Å²) in [6.07, 6.45) is 4.98. The number of hydrogen-bond donors (Lipinski definition) is 2. The van der Waals surface area contributed by atoms with Crippen LogP contribution in [0.3, 0.4) is 0 Å². The van der Waals surface area contributed by atoms with Gasteiger partial charge in [0.2, 0.25) is 0 Å². The number of nitrogen functional groups attached to an aromatic ring is 1. The smallest absolute Gasteiger partial charge is 0.165 e. The summed E-state index contributed by atoms with van der Waals surface area (Å²) in [5.74, 6) is 2.05. The van der Waals surface area contributed by atoms with E-state index in [-0.39, 0.29) is 5.75 Å². The van der Waals surface area contributed by atoms with Crippen LogP contribution in [0, 0.1) is 0 Å². The number of aromatic nitrogens is 4. The van der Waals surface area contributed by atoms with E-state index in [1.807, 2.05) is 0 Å². The van der Waals surface area contributed by atoms with Crippen molar-refractivity contribution in [2.45, 2.75) is 33.2 Å². The molecule has 3 rings (SSSR count). The molecule has 0 unspecified atom stereocenters. The topological polar surface area (TPSA) is 99.1 Å². The van der Waals surface area contributed by atoms with Crippen LogP contribution in [-0.2, 0) is 13.0 Å². The van der Waals surface area contributed by atoms with Crippen LogP contribution < -0.4 is 10.5 Å². The fourth-order valence-corrected chi connectivity index (χ4v) is 2.92. The number of benzene rings is 1. The summed E-state index contributed by atoms with van der Waals surface area (Å²) in [6, 6.07) is 5.03. The zero-order chi connectivity index (χ0) is 18.7. The lowest BCUT2D eigenvalue weighted by Crippen LogP contribution is -2.06. The molecule has 0 saturated heterocycles. The number of methoxy groups -OCH3 is 1. The molecule has 2 heterocycles. The summed E-state index contributed by atoms with van der Waals surface area (Å²) < 4.78 is 7.46. The van der Waals surface area contributed by atoms with E-state index in [4.69, 9.17) is 10.5 Å². The van der Waals surface area contributed by atoms with Crippen molar-refractivity contribution in [2.24, 2.45) is 0 Å². The number of rotatable bonds is 6. The van der Waals surface area contributed by atoms with Crippen molar-refractivity contribution in [3.05, 3.63) is 47.6 Å². The number of nitrogens with zero attached hydrogens (tertiary/aromatic N) is 4. The first kappa shape index (κ1) is 17.7. The second kappa shape index (κ2) is 7.43. The van der Waals surface area contributed by atoms with Gasteiger partial charge in [-0.2, -0.15) is 0 Å². The molecule has 0 aliphatic rings. The van der Waals surface area contributed by atoms with E-state index in [2.05, 4.69) is 39.4 Å². The molecule has 0 saturated carbocycles. The molecule has 0 atom stereocenters. The number of ether oxygens (including phenoxy) is 1. The van der Waals surface area contributed by atoms with Crippen molar-refractivity contribution < 1.29 is 9.84 Å². The zero-order valence-corrected chi connectivity index (χ0v) is 15.2. The van der Waals surface area contributed by atoms with E-state index in [9.17, 15) is 5.11 Å². The van der Waals surface area contributed by atoms with E-state index in [0.717, 1.165) is 24.4 Å². The second-order valence-electron chi connectivity index (χ2n) is 6.35. The fourth-order valence-electron chi connectivity index (χ4n) is 2.92. The largest absolute Gasteiger partial charge is 0.508 e. The van der Waals surface area contributed by atoms with E-state index in [1.165, 1.54) is 11.9 Å². The molecule has 26 heavy (non-hydrogen) atoms. The molecule has 0 aliphatic heterocycles. The zero-order valence-electron chi connectivity index (χ0n) is 15.2. The number of hydrogen-bond acceptors (Lipinski definition) is 6. The minimum atomic E-state index is 0.187. The average molecular weight is 353 g/mol. The predicted molar refractivity (Wildman–Crippen MR) is 101 cm³/mol. The number of aryl methyl sites for hydroxylation is 1. The maximum absolute atomic E-state index is 9.83. The van der Waals surface area contributed by atoms with Gasteiger partial charge in [-0.3, -0.25) is 0 Å². The molecular weight excluding hydrogens is 330 g/mol. The molecule has 3 N–H and O–H groups in total. The quantitative estimate of drug-likeness (QED) is 0.661. The van der Waals surface area contributed by atoms with Gasteiger partial charge in [-0.25, -0.2) is 15.0 Å². The minimum absolute atomic E-state index is 0.187. The van der Waals surface area contributed by atoms with Gasteiger partial charge in [-0.15, -0.1) is 0 Å². The number of nitrogens with two attached hydrogens (primary N) is 1. The monoisotopic (exact) mass is 353 g/mol. The third-order valence-electron chi connectivity index (χ3n) is 4.16. The first-order valence-corrected chi connectivity index (χ1v) is 8.44. The Kier molecular flexibility index (Phi) is 5.06. The molecule has 0 spiro atoms. The Bertz CT molecular complexity index is 958. The lowest BCUT2D eigenvalue weighted by molar-refractivity contribution is 0.407. The highest BCUT2D eigenvalue weighted by Gasteiger charge is 2.16. The van der Waals surface area contributed by atoms with Crippen LogP contribution in [0.25, 0.3) is 11.2 Å². The highest BCUT2D eigenvalue weighted by atomic mass is 16.5. The lowest BCUT2D eigenvalue weighted by atomic mass is 10.1. The van der Waals surface area contributed by atoms with Gasteiger partial charge >= 0.3 is 0 Å². The Morgan fingerprint density at radius 2 is 2.12 bits per heavy atom. The average Bonchev–Trinajstić information content (AvgIpc) is 2.94. The predicted octanol–water partition coefficient (Wildman–Crippen LogP) is 3.07. The Hall–Kier alpha value is -3.09. The summed E-state index contributed by atoms with van der Waals surface area (Å²) in [5, 5.41) is 9.83. The van der Waals surface area contributed by atoms with Crippen molar-refractivity contribution in [3.63, 3.8) is 0 Å². The second-order valence-corrected chi connectivity index (χ2v) is 6.35. The molecule has 3 aromatic rings.